The van der Waals surface area contributed by atoms with Gasteiger partial charge in [0.25, 0.3) is 5.56 Å². The summed E-state index contributed by atoms with van der Waals surface area (Å²) >= 11 is 12.6. The van der Waals surface area contributed by atoms with Gasteiger partial charge in [-0.15, -0.1) is 0 Å². The van der Waals surface area contributed by atoms with Crippen LogP contribution in [0.5, 0.6) is 0 Å². The average molecular weight is 481 g/mol. The molecule has 0 aliphatic heterocycles. The summed E-state index contributed by atoms with van der Waals surface area (Å²) in [7, 11) is 0. The highest BCUT2D eigenvalue weighted by molar-refractivity contribution is 6.32. The Morgan fingerprint density at radius 1 is 0.970 bits per heavy atom. The minimum absolute atomic E-state index is 0.206. The van der Waals surface area contributed by atoms with Crippen molar-refractivity contribution < 1.29 is 0 Å². The van der Waals surface area contributed by atoms with E-state index in [1.807, 2.05) is 30.3 Å². The van der Waals surface area contributed by atoms with Crippen molar-refractivity contribution in [2.24, 2.45) is 0 Å². The number of hydrogen-bond donors (Lipinski definition) is 1. The lowest BCUT2D eigenvalue weighted by atomic mass is 10.2. The third kappa shape index (κ3) is 5.22. The lowest BCUT2D eigenvalue weighted by Crippen LogP contribution is -2.25. The maximum Gasteiger partial charge on any atom is 0.266 e. The third-order valence-electron chi connectivity index (χ3n) is 5.67. The molecule has 0 aliphatic carbocycles. The van der Waals surface area contributed by atoms with E-state index in [9.17, 15) is 4.79 Å². The second-order valence-electron chi connectivity index (χ2n) is 7.80. The molecule has 33 heavy (non-hydrogen) atoms. The van der Waals surface area contributed by atoms with Gasteiger partial charge in [0.1, 0.15) is 5.82 Å². The van der Waals surface area contributed by atoms with E-state index in [4.69, 9.17) is 28.2 Å². The van der Waals surface area contributed by atoms with Crippen LogP contribution in [0, 0.1) is 0 Å². The van der Waals surface area contributed by atoms with Crippen LogP contribution >= 0.6 is 23.2 Å². The molecule has 0 saturated carbocycles. The standard InChI is InChI=1S/C26H26Cl2N4O/c1-3-31(4-2)17-18-8-7-9-20(14-18)29-16-25-30-23-13-12-19(27)15-21(23)26(33)32(25)24-11-6-5-10-22(24)28/h5-15,29H,3-4,16-17H2,1-2H3. The molecule has 170 valence electrons. The van der Waals surface area contributed by atoms with Gasteiger partial charge >= 0.3 is 0 Å². The average Bonchev–Trinajstić information content (AvgIpc) is 2.83. The second kappa shape index (κ2) is 10.4. The number of hydrogen-bond acceptors (Lipinski definition) is 4. The molecule has 0 bridgehead atoms. The normalized spacial score (nSPS) is 11.3. The van der Waals surface area contributed by atoms with Crippen molar-refractivity contribution in [1.82, 2.24) is 14.5 Å². The van der Waals surface area contributed by atoms with Crippen LogP contribution < -0.4 is 10.9 Å². The molecule has 7 heteroatoms. The van der Waals surface area contributed by atoms with Gasteiger partial charge in [-0.3, -0.25) is 14.3 Å². The van der Waals surface area contributed by atoms with E-state index in [0.717, 1.165) is 25.3 Å². The number of nitrogens with one attached hydrogen (secondary N) is 1. The van der Waals surface area contributed by atoms with Crippen molar-refractivity contribution in [3.8, 4) is 5.69 Å². The molecule has 0 saturated heterocycles. The fourth-order valence-electron chi connectivity index (χ4n) is 3.87. The Balaban J connectivity index is 1.72. The lowest BCUT2D eigenvalue weighted by Gasteiger charge is -2.19. The van der Waals surface area contributed by atoms with Gasteiger partial charge in [-0.1, -0.05) is 61.3 Å². The van der Waals surface area contributed by atoms with E-state index >= 15 is 0 Å². The predicted octanol–water partition coefficient (Wildman–Crippen LogP) is 6.15. The fraction of sp³-hybridized carbons (Fsp3) is 0.231. The monoisotopic (exact) mass is 480 g/mol. The molecule has 5 nitrogen and oxygen atoms in total. The Morgan fingerprint density at radius 2 is 1.76 bits per heavy atom. The minimum atomic E-state index is -0.206. The maximum absolute atomic E-state index is 13.5. The number of halogens is 2. The highest BCUT2D eigenvalue weighted by Gasteiger charge is 2.15. The number of benzene rings is 3. The van der Waals surface area contributed by atoms with E-state index in [1.165, 1.54) is 5.56 Å². The molecule has 0 atom stereocenters. The predicted molar refractivity (Wildman–Crippen MR) is 138 cm³/mol. The maximum atomic E-state index is 13.5. The largest absolute Gasteiger partial charge is 0.378 e. The van der Waals surface area contributed by atoms with Gasteiger partial charge in [0.05, 0.1) is 28.2 Å². The van der Waals surface area contributed by atoms with Gasteiger partial charge in [0, 0.05) is 17.3 Å². The van der Waals surface area contributed by atoms with E-state index in [1.54, 1.807) is 28.8 Å². The van der Waals surface area contributed by atoms with E-state index in [2.05, 4.69) is 36.2 Å². The SMILES string of the molecule is CCN(CC)Cc1cccc(NCc2nc3ccc(Cl)cc3c(=O)n2-c2ccccc2Cl)c1. The van der Waals surface area contributed by atoms with Crippen LogP contribution in [0.15, 0.2) is 71.5 Å². The molecule has 1 aromatic heterocycles. The summed E-state index contributed by atoms with van der Waals surface area (Å²) in [4.78, 5) is 20.6. The van der Waals surface area contributed by atoms with Crippen molar-refractivity contribution >= 4 is 39.8 Å². The summed E-state index contributed by atoms with van der Waals surface area (Å²) in [5, 5.41) is 4.85. The van der Waals surface area contributed by atoms with Crippen LogP contribution in [-0.2, 0) is 13.1 Å². The summed E-state index contributed by atoms with van der Waals surface area (Å²) in [5.74, 6) is 0.567. The number of fused-ring (bicyclic) bond motifs is 1. The Labute approximate surface area is 203 Å². The van der Waals surface area contributed by atoms with Crippen molar-refractivity contribution in [2.75, 3.05) is 18.4 Å². The first kappa shape index (κ1) is 23.3. The van der Waals surface area contributed by atoms with Gasteiger partial charge < -0.3 is 5.32 Å². The molecule has 0 fully saturated rings. The van der Waals surface area contributed by atoms with Crippen molar-refractivity contribution in [2.45, 2.75) is 26.9 Å². The van der Waals surface area contributed by atoms with Crippen LogP contribution in [0.2, 0.25) is 10.0 Å². The summed E-state index contributed by atoms with van der Waals surface area (Å²) in [6.45, 7) is 7.58. The molecule has 0 unspecified atom stereocenters. The smallest absolute Gasteiger partial charge is 0.266 e. The molecule has 3 aromatic carbocycles. The number of para-hydroxylation sites is 1. The summed E-state index contributed by atoms with van der Waals surface area (Å²) < 4.78 is 1.56. The van der Waals surface area contributed by atoms with Crippen molar-refractivity contribution in [3.63, 3.8) is 0 Å². The van der Waals surface area contributed by atoms with Crippen molar-refractivity contribution in [3.05, 3.63) is 98.5 Å². The topological polar surface area (TPSA) is 50.2 Å². The molecule has 4 rings (SSSR count). The van der Waals surface area contributed by atoms with Gasteiger partial charge in [0.2, 0.25) is 0 Å². The van der Waals surface area contributed by atoms with Crippen LogP contribution in [0.3, 0.4) is 0 Å². The molecule has 1 heterocycles. The highest BCUT2D eigenvalue weighted by atomic mass is 35.5. The Kier molecular flexibility index (Phi) is 7.33. The zero-order valence-corrected chi connectivity index (χ0v) is 20.2. The van der Waals surface area contributed by atoms with Crippen molar-refractivity contribution in [1.29, 1.82) is 0 Å². The Hall–Kier alpha value is -2.86. The summed E-state index contributed by atoms with van der Waals surface area (Å²) in [5.41, 5.74) is 3.18. The molecular weight excluding hydrogens is 455 g/mol. The van der Waals surface area contributed by atoms with Gasteiger partial charge in [-0.25, -0.2) is 4.98 Å². The zero-order valence-electron chi connectivity index (χ0n) is 18.7. The quantitative estimate of drug-likeness (QED) is 0.328. The zero-order chi connectivity index (χ0) is 23.4. The third-order valence-corrected chi connectivity index (χ3v) is 6.23. The number of rotatable bonds is 8. The first-order valence-electron chi connectivity index (χ1n) is 11.0. The molecular formula is C26H26Cl2N4O. The van der Waals surface area contributed by atoms with Crippen LogP contribution in [-0.4, -0.2) is 27.5 Å². The molecule has 1 N–H and O–H groups in total. The molecule has 0 spiro atoms. The summed E-state index contributed by atoms with van der Waals surface area (Å²) in [6.07, 6.45) is 0. The number of aromatic nitrogens is 2. The van der Waals surface area contributed by atoms with E-state index in [0.29, 0.717) is 39.0 Å². The number of anilines is 1. The summed E-state index contributed by atoms with van der Waals surface area (Å²) in [6, 6.07) is 20.7. The van der Waals surface area contributed by atoms with Gasteiger partial charge in [0.15, 0.2) is 0 Å². The molecule has 0 aliphatic rings. The highest BCUT2D eigenvalue weighted by Crippen LogP contribution is 2.23. The first-order valence-corrected chi connectivity index (χ1v) is 11.8. The Bertz CT molecular complexity index is 1330. The van der Waals surface area contributed by atoms with E-state index in [-0.39, 0.29) is 5.56 Å². The van der Waals surface area contributed by atoms with Crippen LogP contribution in [0.1, 0.15) is 25.2 Å². The van der Waals surface area contributed by atoms with E-state index < -0.39 is 0 Å². The second-order valence-corrected chi connectivity index (χ2v) is 8.64. The molecule has 0 amide bonds. The number of nitrogens with zero attached hydrogens (tertiary/aromatic N) is 3. The Morgan fingerprint density at radius 3 is 2.52 bits per heavy atom. The first-order chi connectivity index (χ1) is 16.0. The minimum Gasteiger partial charge on any atom is -0.378 e. The van der Waals surface area contributed by atoms with Crippen LogP contribution in [0.25, 0.3) is 16.6 Å². The molecule has 0 radical (unpaired) electrons. The van der Waals surface area contributed by atoms with Gasteiger partial charge in [-0.05, 0) is 61.1 Å². The van der Waals surface area contributed by atoms with Crippen LogP contribution in [0.4, 0.5) is 5.69 Å². The van der Waals surface area contributed by atoms with Gasteiger partial charge in [-0.2, -0.15) is 0 Å². The lowest BCUT2D eigenvalue weighted by molar-refractivity contribution is 0.296. The molecule has 4 aromatic rings. The fourth-order valence-corrected chi connectivity index (χ4v) is 4.26.